The van der Waals surface area contributed by atoms with E-state index in [1.54, 1.807) is 0 Å². The summed E-state index contributed by atoms with van der Waals surface area (Å²) in [4.78, 5) is 7.43. The molecular formula is C16H36N4S2. The molecule has 1 saturated heterocycles. The molecule has 0 atom stereocenters. The Morgan fingerprint density at radius 3 is 1.59 bits per heavy atom. The van der Waals surface area contributed by atoms with Gasteiger partial charge in [0.15, 0.2) is 0 Å². The average Bonchev–Trinajstić information content (AvgIpc) is 2.39. The van der Waals surface area contributed by atoms with E-state index in [4.69, 9.17) is 5.73 Å². The fourth-order valence-electron chi connectivity index (χ4n) is 2.88. The molecule has 0 spiro atoms. The predicted octanol–water partition coefficient (Wildman–Crippen LogP) is 2.06. The third-order valence-electron chi connectivity index (χ3n) is 3.84. The zero-order valence-corrected chi connectivity index (χ0v) is 17.0. The van der Waals surface area contributed by atoms with Gasteiger partial charge >= 0.3 is 0 Å². The van der Waals surface area contributed by atoms with E-state index in [9.17, 15) is 0 Å². The van der Waals surface area contributed by atoms with E-state index in [0.29, 0.717) is 0 Å². The van der Waals surface area contributed by atoms with Gasteiger partial charge in [0.25, 0.3) is 0 Å². The van der Waals surface area contributed by atoms with E-state index in [1.807, 2.05) is 21.6 Å². The number of nitrogens with zero attached hydrogens (tertiary/aromatic N) is 3. The highest BCUT2D eigenvalue weighted by Gasteiger charge is 2.28. The van der Waals surface area contributed by atoms with E-state index >= 15 is 0 Å². The van der Waals surface area contributed by atoms with Gasteiger partial charge in [0.05, 0.1) is 0 Å². The Bertz CT molecular complexity index is 295. The van der Waals surface area contributed by atoms with Gasteiger partial charge in [-0.2, -0.15) is 0 Å². The van der Waals surface area contributed by atoms with Gasteiger partial charge in [-0.25, -0.2) is 0 Å². The SMILES string of the molecule is CN1CCN(CCN)CCN(C)CC(C)(C)SSC(C)(C)C1. The van der Waals surface area contributed by atoms with Gasteiger partial charge < -0.3 is 15.5 Å². The average molecular weight is 349 g/mol. The first-order valence-corrected chi connectivity index (χ1v) is 10.4. The lowest BCUT2D eigenvalue weighted by atomic mass is 10.2. The standard InChI is InChI=1S/C16H36N4S2/c1-15(2)13-18(5)9-11-20(8-7-17)12-10-19(6)14-16(3,4)22-21-15/h7-14,17H2,1-6H3. The Labute approximate surface area is 145 Å². The lowest BCUT2D eigenvalue weighted by molar-refractivity contribution is 0.195. The number of likely N-dealkylation sites (N-methyl/N-ethyl adjacent to an activating group) is 2. The molecule has 0 aromatic heterocycles. The van der Waals surface area contributed by atoms with Gasteiger partial charge in [0.1, 0.15) is 0 Å². The quantitative estimate of drug-likeness (QED) is 0.770. The van der Waals surface area contributed by atoms with Crippen LogP contribution in [0.15, 0.2) is 0 Å². The largest absolute Gasteiger partial charge is 0.329 e. The molecule has 0 unspecified atom stereocenters. The molecule has 1 aliphatic heterocycles. The molecule has 0 aliphatic carbocycles. The maximum Gasteiger partial charge on any atom is 0.0334 e. The Balaban J connectivity index is 2.76. The smallest absolute Gasteiger partial charge is 0.0334 e. The van der Waals surface area contributed by atoms with Crippen LogP contribution < -0.4 is 5.73 Å². The highest BCUT2D eigenvalue weighted by molar-refractivity contribution is 8.77. The van der Waals surface area contributed by atoms with Crippen LogP contribution in [-0.2, 0) is 0 Å². The normalized spacial score (nSPS) is 26.9. The second-order valence-electron chi connectivity index (χ2n) is 7.79. The maximum absolute atomic E-state index is 5.78. The molecule has 2 N–H and O–H groups in total. The molecule has 1 fully saturated rings. The molecule has 22 heavy (non-hydrogen) atoms. The fraction of sp³-hybridized carbons (Fsp3) is 1.00. The van der Waals surface area contributed by atoms with Crippen LogP contribution >= 0.6 is 21.6 Å². The Morgan fingerprint density at radius 2 is 1.23 bits per heavy atom. The highest BCUT2D eigenvalue weighted by Crippen LogP contribution is 2.44. The lowest BCUT2D eigenvalue weighted by Gasteiger charge is -2.34. The Kier molecular flexibility index (Phi) is 8.55. The molecule has 1 heterocycles. The molecule has 132 valence electrons. The molecule has 0 aromatic carbocycles. The van der Waals surface area contributed by atoms with E-state index in [-0.39, 0.29) is 9.49 Å². The molecule has 0 amide bonds. The van der Waals surface area contributed by atoms with Crippen LogP contribution in [0.2, 0.25) is 0 Å². The number of hydrogen-bond acceptors (Lipinski definition) is 6. The molecule has 0 bridgehead atoms. The predicted molar refractivity (Wildman–Crippen MR) is 104 cm³/mol. The minimum atomic E-state index is 0.266. The van der Waals surface area contributed by atoms with E-state index in [0.717, 1.165) is 52.4 Å². The van der Waals surface area contributed by atoms with E-state index in [2.05, 4.69) is 56.5 Å². The summed E-state index contributed by atoms with van der Waals surface area (Å²) in [6, 6.07) is 0. The van der Waals surface area contributed by atoms with Crippen LogP contribution in [0.5, 0.6) is 0 Å². The van der Waals surface area contributed by atoms with Crippen molar-refractivity contribution in [2.45, 2.75) is 37.2 Å². The minimum Gasteiger partial charge on any atom is -0.329 e. The van der Waals surface area contributed by atoms with Gasteiger partial charge in [0.2, 0.25) is 0 Å². The van der Waals surface area contributed by atoms with Crippen molar-refractivity contribution in [2.75, 3.05) is 66.5 Å². The number of nitrogens with two attached hydrogens (primary N) is 1. The lowest BCUT2D eigenvalue weighted by Crippen LogP contribution is -2.43. The molecule has 4 nitrogen and oxygen atoms in total. The van der Waals surface area contributed by atoms with Gasteiger partial charge in [-0.3, -0.25) is 4.90 Å². The second-order valence-corrected chi connectivity index (χ2v) is 11.3. The minimum absolute atomic E-state index is 0.266. The van der Waals surface area contributed by atoms with Crippen LogP contribution in [0.4, 0.5) is 0 Å². The molecule has 0 aromatic rings. The maximum atomic E-state index is 5.78. The summed E-state index contributed by atoms with van der Waals surface area (Å²) in [5.74, 6) is 0. The van der Waals surface area contributed by atoms with Crippen molar-refractivity contribution in [3.05, 3.63) is 0 Å². The van der Waals surface area contributed by atoms with Crippen LogP contribution in [-0.4, -0.2) is 90.6 Å². The van der Waals surface area contributed by atoms with Crippen molar-refractivity contribution < 1.29 is 0 Å². The number of hydrogen-bond donors (Lipinski definition) is 1. The van der Waals surface area contributed by atoms with Gasteiger partial charge in [0, 0.05) is 61.9 Å². The molecule has 0 saturated carbocycles. The zero-order valence-electron chi connectivity index (χ0n) is 15.4. The molecule has 0 radical (unpaired) electrons. The zero-order chi connectivity index (χ0) is 16.8. The van der Waals surface area contributed by atoms with Crippen molar-refractivity contribution in [3.8, 4) is 0 Å². The number of rotatable bonds is 2. The summed E-state index contributed by atoms with van der Waals surface area (Å²) >= 11 is 0. The van der Waals surface area contributed by atoms with Crippen molar-refractivity contribution in [2.24, 2.45) is 5.73 Å². The molecule has 1 aliphatic rings. The van der Waals surface area contributed by atoms with Crippen LogP contribution in [0, 0.1) is 0 Å². The first kappa shape index (κ1) is 20.6. The van der Waals surface area contributed by atoms with Crippen LogP contribution in [0.1, 0.15) is 27.7 Å². The van der Waals surface area contributed by atoms with Gasteiger partial charge in [-0.15, -0.1) is 0 Å². The van der Waals surface area contributed by atoms with Crippen molar-refractivity contribution in [1.29, 1.82) is 0 Å². The third kappa shape index (κ3) is 8.41. The van der Waals surface area contributed by atoms with E-state index in [1.165, 1.54) is 0 Å². The van der Waals surface area contributed by atoms with Crippen LogP contribution in [0.25, 0.3) is 0 Å². The van der Waals surface area contributed by atoms with Gasteiger partial charge in [-0.05, 0) is 41.8 Å². The highest BCUT2D eigenvalue weighted by atomic mass is 33.1. The summed E-state index contributed by atoms with van der Waals surface area (Å²) in [7, 11) is 8.56. The first-order chi connectivity index (χ1) is 10.1. The van der Waals surface area contributed by atoms with Crippen LogP contribution in [0.3, 0.4) is 0 Å². The van der Waals surface area contributed by atoms with Crippen molar-refractivity contribution >= 4 is 21.6 Å². The summed E-state index contributed by atoms with van der Waals surface area (Å²) in [5.41, 5.74) is 5.78. The summed E-state index contributed by atoms with van der Waals surface area (Å²) in [6.07, 6.45) is 0. The van der Waals surface area contributed by atoms with Crippen molar-refractivity contribution in [3.63, 3.8) is 0 Å². The summed E-state index contributed by atoms with van der Waals surface area (Å²) in [6.45, 7) is 17.9. The summed E-state index contributed by atoms with van der Waals surface area (Å²) in [5, 5.41) is 0. The molecule has 6 heteroatoms. The monoisotopic (exact) mass is 348 g/mol. The topological polar surface area (TPSA) is 35.7 Å². The molecule has 1 rings (SSSR count). The van der Waals surface area contributed by atoms with Gasteiger partial charge in [-0.1, -0.05) is 21.6 Å². The third-order valence-corrected chi connectivity index (χ3v) is 8.04. The Morgan fingerprint density at radius 1 is 0.818 bits per heavy atom. The fourth-order valence-corrected chi connectivity index (χ4v) is 5.55. The van der Waals surface area contributed by atoms with Crippen molar-refractivity contribution in [1.82, 2.24) is 14.7 Å². The second kappa shape index (κ2) is 9.14. The summed E-state index contributed by atoms with van der Waals surface area (Å²) < 4.78 is 0.532. The molecular weight excluding hydrogens is 312 g/mol. The van der Waals surface area contributed by atoms with E-state index < -0.39 is 0 Å². The Hall–Kier alpha value is 0.540. The first-order valence-electron chi connectivity index (χ1n) is 8.30.